The van der Waals surface area contributed by atoms with Crippen molar-refractivity contribution in [3.63, 3.8) is 0 Å². The highest BCUT2D eigenvalue weighted by Gasteiger charge is 2.15. The van der Waals surface area contributed by atoms with E-state index < -0.39 is 33.4 Å². The predicted molar refractivity (Wildman–Crippen MR) is 113 cm³/mol. The highest BCUT2D eigenvalue weighted by Crippen LogP contribution is 2.15. The van der Waals surface area contributed by atoms with Crippen molar-refractivity contribution >= 4 is 15.9 Å². The first-order valence-electron chi connectivity index (χ1n) is 9.77. The number of rotatable bonds is 9. The zero-order valence-electron chi connectivity index (χ0n) is 16.9. The zero-order chi connectivity index (χ0) is 23.1. The second-order valence-electron chi connectivity index (χ2n) is 7.08. The summed E-state index contributed by atoms with van der Waals surface area (Å²) in [6, 6.07) is 15.1. The first kappa shape index (κ1) is 23.5. The van der Waals surface area contributed by atoms with E-state index in [0.29, 0.717) is 11.1 Å². The van der Waals surface area contributed by atoms with Gasteiger partial charge in [-0.15, -0.1) is 0 Å². The van der Waals surface area contributed by atoms with Crippen LogP contribution in [0, 0.1) is 17.5 Å². The Bertz CT molecular complexity index is 1200. The molecule has 2 N–H and O–H groups in total. The summed E-state index contributed by atoms with van der Waals surface area (Å²) in [4.78, 5) is 12.1. The van der Waals surface area contributed by atoms with Crippen molar-refractivity contribution in [2.75, 3.05) is 0 Å². The standard InChI is InChI=1S/C23H21F3N2O3S/c24-18-6-1-4-16(12-18)15-28-32(30,31)19-7-2-5-17(13-19)14-27-23(29)11-10-20-21(25)8-3-9-22(20)26/h1-9,12-13,28H,10-11,14-15H2,(H,27,29). The van der Waals surface area contributed by atoms with Gasteiger partial charge >= 0.3 is 0 Å². The molecule has 0 aliphatic rings. The average molecular weight is 462 g/mol. The third-order valence-corrected chi connectivity index (χ3v) is 6.12. The van der Waals surface area contributed by atoms with Crippen molar-refractivity contribution in [2.45, 2.75) is 30.8 Å². The number of sulfonamides is 1. The maximum atomic E-state index is 13.6. The molecule has 0 spiro atoms. The lowest BCUT2D eigenvalue weighted by Gasteiger charge is -2.10. The molecule has 0 radical (unpaired) electrons. The van der Waals surface area contributed by atoms with Gasteiger partial charge in [-0.3, -0.25) is 4.79 Å². The number of carbonyl (C=O) groups is 1. The molecular formula is C23H21F3N2O3S. The topological polar surface area (TPSA) is 75.3 Å². The summed E-state index contributed by atoms with van der Waals surface area (Å²) in [6.45, 7) is -0.0283. The van der Waals surface area contributed by atoms with Crippen LogP contribution in [0.1, 0.15) is 23.1 Å². The molecule has 3 rings (SSSR count). The fourth-order valence-corrected chi connectivity index (χ4v) is 4.12. The third kappa shape index (κ3) is 6.41. The molecule has 0 heterocycles. The molecule has 0 bridgehead atoms. The van der Waals surface area contributed by atoms with E-state index in [1.54, 1.807) is 12.1 Å². The van der Waals surface area contributed by atoms with E-state index in [0.717, 1.165) is 12.1 Å². The Balaban J connectivity index is 1.56. The van der Waals surface area contributed by atoms with E-state index in [1.807, 2.05) is 0 Å². The normalized spacial score (nSPS) is 11.3. The third-order valence-electron chi connectivity index (χ3n) is 4.72. The molecule has 0 aromatic heterocycles. The lowest BCUT2D eigenvalue weighted by Crippen LogP contribution is -2.25. The molecule has 0 atom stereocenters. The van der Waals surface area contributed by atoms with Crippen LogP contribution in [-0.2, 0) is 34.3 Å². The van der Waals surface area contributed by atoms with Crippen LogP contribution in [0.25, 0.3) is 0 Å². The van der Waals surface area contributed by atoms with Crippen molar-refractivity contribution in [1.82, 2.24) is 10.0 Å². The Morgan fingerprint density at radius 3 is 2.12 bits per heavy atom. The van der Waals surface area contributed by atoms with E-state index in [4.69, 9.17) is 0 Å². The minimum absolute atomic E-state index is 0.00548. The number of amides is 1. The predicted octanol–water partition coefficient (Wildman–Crippen LogP) is 3.83. The van der Waals surface area contributed by atoms with Gasteiger partial charge in [-0.05, 0) is 53.9 Å². The number of nitrogens with one attached hydrogen (secondary N) is 2. The smallest absolute Gasteiger partial charge is 0.240 e. The van der Waals surface area contributed by atoms with E-state index in [1.165, 1.54) is 42.5 Å². The van der Waals surface area contributed by atoms with E-state index in [-0.39, 0.29) is 36.4 Å². The van der Waals surface area contributed by atoms with Crippen LogP contribution >= 0.6 is 0 Å². The number of halogens is 3. The van der Waals surface area contributed by atoms with Gasteiger partial charge in [-0.1, -0.05) is 30.3 Å². The van der Waals surface area contributed by atoms with Crippen molar-refractivity contribution in [3.8, 4) is 0 Å². The molecule has 5 nitrogen and oxygen atoms in total. The molecule has 32 heavy (non-hydrogen) atoms. The van der Waals surface area contributed by atoms with Crippen molar-refractivity contribution in [3.05, 3.63) is 101 Å². The SMILES string of the molecule is O=C(CCc1c(F)cccc1F)NCc1cccc(S(=O)(=O)NCc2cccc(F)c2)c1. The first-order chi connectivity index (χ1) is 15.2. The fraction of sp³-hybridized carbons (Fsp3) is 0.174. The van der Waals surface area contributed by atoms with E-state index in [2.05, 4.69) is 10.0 Å². The number of carbonyl (C=O) groups excluding carboxylic acids is 1. The van der Waals surface area contributed by atoms with E-state index in [9.17, 15) is 26.4 Å². The van der Waals surface area contributed by atoms with Gasteiger partial charge in [0.15, 0.2) is 0 Å². The van der Waals surface area contributed by atoms with Gasteiger partial charge in [0.2, 0.25) is 15.9 Å². The number of hydrogen-bond donors (Lipinski definition) is 2. The Morgan fingerprint density at radius 1 is 0.812 bits per heavy atom. The number of benzene rings is 3. The Hall–Kier alpha value is -3.17. The van der Waals surface area contributed by atoms with Gasteiger partial charge in [0.25, 0.3) is 0 Å². The lowest BCUT2D eigenvalue weighted by molar-refractivity contribution is -0.121. The monoisotopic (exact) mass is 462 g/mol. The van der Waals surface area contributed by atoms with Crippen LogP contribution in [0.2, 0.25) is 0 Å². The van der Waals surface area contributed by atoms with Crippen LogP contribution in [0.3, 0.4) is 0 Å². The van der Waals surface area contributed by atoms with Gasteiger partial charge in [-0.25, -0.2) is 26.3 Å². The Kier molecular flexibility index (Phi) is 7.66. The average Bonchev–Trinajstić information content (AvgIpc) is 2.76. The van der Waals surface area contributed by atoms with Gasteiger partial charge in [0.1, 0.15) is 17.5 Å². The molecule has 0 fully saturated rings. The first-order valence-corrected chi connectivity index (χ1v) is 11.3. The molecule has 0 aliphatic carbocycles. The van der Waals surface area contributed by atoms with Crippen LogP contribution in [-0.4, -0.2) is 14.3 Å². The molecule has 1 amide bonds. The summed E-state index contributed by atoms with van der Waals surface area (Å²) in [5.41, 5.74) is 0.854. The largest absolute Gasteiger partial charge is 0.352 e. The molecule has 0 aliphatic heterocycles. The Morgan fingerprint density at radius 2 is 1.44 bits per heavy atom. The van der Waals surface area contributed by atoms with Gasteiger partial charge < -0.3 is 5.32 Å². The second-order valence-corrected chi connectivity index (χ2v) is 8.85. The molecule has 0 saturated carbocycles. The summed E-state index contributed by atoms with van der Waals surface area (Å²) in [7, 11) is -3.86. The van der Waals surface area contributed by atoms with Crippen molar-refractivity contribution < 1.29 is 26.4 Å². The molecule has 3 aromatic rings. The molecular weight excluding hydrogens is 441 g/mol. The van der Waals surface area contributed by atoms with Crippen LogP contribution in [0.5, 0.6) is 0 Å². The van der Waals surface area contributed by atoms with E-state index >= 15 is 0 Å². The molecule has 168 valence electrons. The highest BCUT2D eigenvalue weighted by atomic mass is 32.2. The van der Waals surface area contributed by atoms with Crippen LogP contribution in [0.4, 0.5) is 13.2 Å². The van der Waals surface area contributed by atoms with Crippen LogP contribution in [0.15, 0.2) is 71.6 Å². The Labute approximate surface area is 184 Å². The maximum absolute atomic E-state index is 13.6. The summed E-state index contributed by atoms with van der Waals surface area (Å²) < 4.78 is 68.0. The minimum atomic E-state index is -3.86. The van der Waals surface area contributed by atoms with Gasteiger partial charge in [0, 0.05) is 25.1 Å². The molecule has 9 heteroatoms. The highest BCUT2D eigenvalue weighted by molar-refractivity contribution is 7.89. The lowest BCUT2D eigenvalue weighted by atomic mass is 10.1. The molecule has 3 aromatic carbocycles. The summed E-state index contributed by atoms with van der Waals surface area (Å²) >= 11 is 0. The molecule has 0 saturated heterocycles. The second kappa shape index (κ2) is 10.4. The summed E-state index contributed by atoms with van der Waals surface area (Å²) in [6.07, 6.45) is -0.214. The zero-order valence-corrected chi connectivity index (χ0v) is 17.8. The molecule has 0 unspecified atom stereocenters. The van der Waals surface area contributed by atoms with Crippen molar-refractivity contribution in [2.24, 2.45) is 0 Å². The summed E-state index contributed by atoms with van der Waals surface area (Å²) in [5, 5.41) is 2.61. The van der Waals surface area contributed by atoms with Gasteiger partial charge in [0.05, 0.1) is 4.90 Å². The van der Waals surface area contributed by atoms with Gasteiger partial charge in [-0.2, -0.15) is 0 Å². The van der Waals surface area contributed by atoms with Crippen LogP contribution < -0.4 is 10.0 Å². The fourth-order valence-electron chi connectivity index (χ4n) is 3.03. The maximum Gasteiger partial charge on any atom is 0.240 e. The minimum Gasteiger partial charge on any atom is -0.352 e. The number of hydrogen-bond acceptors (Lipinski definition) is 3. The summed E-state index contributed by atoms with van der Waals surface area (Å²) in [5.74, 6) is -2.30. The van der Waals surface area contributed by atoms with Crippen molar-refractivity contribution in [1.29, 1.82) is 0 Å². The quantitative estimate of drug-likeness (QED) is 0.508.